The number of amides is 2. The van der Waals surface area contributed by atoms with Crippen LogP contribution in [0.4, 0.5) is 16.3 Å². The Bertz CT molecular complexity index is 1490. The molecule has 1 unspecified atom stereocenters. The van der Waals surface area contributed by atoms with Crippen molar-refractivity contribution in [3.63, 3.8) is 0 Å². The number of halogens is 1. The van der Waals surface area contributed by atoms with E-state index in [4.69, 9.17) is 20.8 Å². The average molecular weight is 601 g/mol. The van der Waals surface area contributed by atoms with Crippen molar-refractivity contribution in [2.45, 2.75) is 51.7 Å². The molecule has 9 heteroatoms. The Kier molecular flexibility index (Phi) is 8.41. The standard InChI is InChI=1S/C33H37ClN4O3Si/c1-23(22-41-42(33(3,4)5,27-13-9-7-10-14-27)28-15-11-8-12-16-28)37-30-29(21-35-31(34)36-30)24(2)38(32(37)39)25-17-19-26(40-6)20-18-25/h7-21,23-24H,22H2,1-6H3/t23?,24-/m0/s1. The normalized spacial score (nSPS) is 16.3. The van der Waals surface area contributed by atoms with E-state index in [1.165, 1.54) is 10.4 Å². The Hall–Kier alpha value is -3.72. The van der Waals surface area contributed by atoms with Crippen molar-refractivity contribution in [3.05, 3.63) is 102 Å². The molecule has 1 aliphatic rings. The highest BCUT2D eigenvalue weighted by atomic mass is 35.5. The Balaban J connectivity index is 1.56. The van der Waals surface area contributed by atoms with Crippen LogP contribution in [0.25, 0.3) is 0 Å². The number of benzene rings is 3. The van der Waals surface area contributed by atoms with Gasteiger partial charge in [0.15, 0.2) is 0 Å². The molecule has 0 aliphatic carbocycles. The predicted octanol–water partition coefficient (Wildman–Crippen LogP) is 6.61. The first-order valence-corrected chi connectivity index (χ1v) is 16.4. The van der Waals surface area contributed by atoms with Gasteiger partial charge >= 0.3 is 6.03 Å². The van der Waals surface area contributed by atoms with Gasteiger partial charge in [0.25, 0.3) is 8.32 Å². The van der Waals surface area contributed by atoms with E-state index in [2.05, 4.69) is 79.3 Å². The molecule has 2 heterocycles. The van der Waals surface area contributed by atoms with Gasteiger partial charge in [0.05, 0.1) is 25.8 Å². The topological polar surface area (TPSA) is 67.8 Å². The van der Waals surface area contributed by atoms with Crippen LogP contribution >= 0.6 is 11.6 Å². The van der Waals surface area contributed by atoms with Gasteiger partial charge in [-0.25, -0.2) is 9.78 Å². The molecule has 7 nitrogen and oxygen atoms in total. The fourth-order valence-corrected chi connectivity index (χ4v) is 10.7. The molecule has 5 rings (SSSR count). The van der Waals surface area contributed by atoms with E-state index in [1.54, 1.807) is 23.1 Å². The van der Waals surface area contributed by atoms with Gasteiger partial charge in [-0.3, -0.25) is 9.80 Å². The molecule has 2 atom stereocenters. The molecule has 0 spiro atoms. The first kappa shape index (κ1) is 29.8. The minimum absolute atomic E-state index is 0.0942. The second kappa shape index (κ2) is 11.9. The smallest absolute Gasteiger partial charge is 0.331 e. The Morgan fingerprint density at radius 2 is 1.52 bits per heavy atom. The third kappa shape index (κ3) is 5.30. The number of urea groups is 1. The molecule has 1 aromatic heterocycles. The molecule has 1 aliphatic heterocycles. The van der Waals surface area contributed by atoms with Crippen LogP contribution in [-0.2, 0) is 4.43 Å². The summed E-state index contributed by atoms with van der Waals surface area (Å²) < 4.78 is 12.5. The summed E-state index contributed by atoms with van der Waals surface area (Å²) in [6.07, 6.45) is 1.71. The number of carbonyl (C=O) groups is 1. The van der Waals surface area contributed by atoms with Crippen molar-refractivity contribution in [3.8, 4) is 5.75 Å². The van der Waals surface area contributed by atoms with Crippen LogP contribution in [0.5, 0.6) is 5.75 Å². The quantitative estimate of drug-likeness (QED) is 0.168. The molecular weight excluding hydrogens is 564 g/mol. The maximum absolute atomic E-state index is 14.3. The van der Waals surface area contributed by atoms with E-state index >= 15 is 0 Å². The molecule has 0 fully saturated rings. The zero-order valence-corrected chi connectivity index (χ0v) is 26.7. The Morgan fingerprint density at radius 3 is 2.05 bits per heavy atom. The zero-order chi connectivity index (χ0) is 30.1. The van der Waals surface area contributed by atoms with Crippen molar-refractivity contribution in [2.24, 2.45) is 0 Å². The summed E-state index contributed by atoms with van der Waals surface area (Å²) in [6.45, 7) is 11.0. The van der Waals surface area contributed by atoms with Gasteiger partial charge in [0, 0.05) is 17.4 Å². The van der Waals surface area contributed by atoms with E-state index in [-0.39, 0.29) is 28.4 Å². The lowest BCUT2D eigenvalue weighted by atomic mass is 10.0. The summed E-state index contributed by atoms with van der Waals surface area (Å²) in [5.41, 5.74) is 1.56. The van der Waals surface area contributed by atoms with Gasteiger partial charge in [-0.1, -0.05) is 81.4 Å². The fourth-order valence-electron chi connectivity index (χ4n) is 5.92. The third-order valence-electron chi connectivity index (χ3n) is 7.99. The highest BCUT2D eigenvalue weighted by Crippen LogP contribution is 2.41. The highest BCUT2D eigenvalue weighted by molar-refractivity contribution is 6.99. The summed E-state index contributed by atoms with van der Waals surface area (Å²) in [7, 11) is -1.21. The number of aromatic nitrogens is 2. The van der Waals surface area contributed by atoms with E-state index in [9.17, 15) is 4.79 Å². The van der Waals surface area contributed by atoms with Crippen molar-refractivity contribution in [1.29, 1.82) is 0 Å². The number of anilines is 2. The first-order chi connectivity index (χ1) is 20.1. The summed E-state index contributed by atoms with van der Waals surface area (Å²) >= 11 is 6.29. The van der Waals surface area contributed by atoms with Crippen LogP contribution in [0.15, 0.2) is 91.1 Å². The number of methoxy groups -OCH3 is 1. The fraction of sp³-hybridized carbons (Fsp3) is 0.303. The largest absolute Gasteiger partial charge is 0.497 e. The lowest BCUT2D eigenvalue weighted by Gasteiger charge is -2.46. The number of fused-ring (bicyclic) bond motifs is 1. The number of nitrogens with zero attached hydrogens (tertiary/aromatic N) is 4. The molecule has 0 bridgehead atoms. The molecule has 0 saturated heterocycles. The van der Waals surface area contributed by atoms with Crippen LogP contribution in [0, 0.1) is 0 Å². The second-order valence-corrected chi connectivity index (χ2v) is 16.3. The summed E-state index contributed by atoms with van der Waals surface area (Å²) in [4.78, 5) is 26.6. The van der Waals surface area contributed by atoms with Gasteiger partial charge in [0.1, 0.15) is 11.6 Å². The van der Waals surface area contributed by atoms with Crippen molar-refractivity contribution >= 4 is 47.8 Å². The second-order valence-electron chi connectivity index (χ2n) is 11.6. The molecule has 0 radical (unpaired) electrons. The number of hydrogen-bond acceptors (Lipinski definition) is 5. The van der Waals surface area contributed by atoms with Crippen LogP contribution in [-0.4, -0.2) is 44.1 Å². The Morgan fingerprint density at radius 1 is 0.952 bits per heavy atom. The number of hydrogen-bond donors (Lipinski definition) is 0. The van der Waals surface area contributed by atoms with Gasteiger partial charge in [0.2, 0.25) is 5.28 Å². The monoisotopic (exact) mass is 600 g/mol. The van der Waals surface area contributed by atoms with Gasteiger partial charge in [-0.05, 0) is 65.1 Å². The van der Waals surface area contributed by atoms with Gasteiger partial charge < -0.3 is 9.16 Å². The van der Waals surface area contributed by atoms with E-state index < -0.39 is 8.32 Å². The average Bonchev–Trinajstić information content (AvgIpc) is 2.98. The summed E-state index contributed by atoms with van der Waals surface area (Å²) in [5, 5.41) is 2.26. The van der Waals surface area contributed by atoms with Crippen LogP contribution in [0.2, 0.25) is 10.3 Å². The summed E-state index contributed by atoms with van der Waals surface area (Å²) in [6, 6.07) is 27.6. The number of rotatable bonds is 8. The van der Waals surface area contributed by atoms with Crippen LogP contribution in [0.1, 0.15) is 46.2 Å². The minimum atomic E-state index is -2.83. The third-order valence-corrected chi connectivity index (χ3v) is 13.2. The molecule has 3 aromatic carbocycles. The van der Waals surface area contributed by atoms with Crippen molar-refractivity contribution < 1.29 is 14.0 Å². The molecule has 218 valence electrons. The van der Waals surface area contributed by atoms with Gasteiger partial charge in [-0.2, -0.15) is 4.98 Å². The van der Waals surface area contributed by atoms with E-state index in [0.29, 0.717) is 12.4 Å². The maximum atomic E-state index is 14.3. The van der Waals surface area contributed by atoms with Crippen molar-refractivity contribution in [2.75, 3.05) is 23.5 Å². The highest BCUT2D eigenvalue weighted by Gasteiger charge is 2.51. The minimum Gasteiger partial charge on any atom is -0.497 e. The maximum Gasteiger partial charge on any atom is 0.331 e. The van der Waals surface area contributed by atoms with Crippen LogP contribution < -0.4 is 24.9 Å². The summed E-state index contributed by atoms with van der Waals surface area (Å²) in [5.74, 6) is 1.23. The predicted molar refractivity (Wildman–Crippen MR) is 172 cm³/mol. The molecule has 2 amide bonds. The van der Waals surface area contributed by atoms with Crippen LogP contribution in [0.3, 0.4) is 0 Å². The van der Waals surface area contributed by atoms with Crippen molar-refractivity contribution in [1.82, 2.24) is 9.97 Å². The molecule has 4 aromatic rings. The lowest BCUT2D eigenvalue weighted by molar-refractivity contribution is 0.235. The zero-order valence-electron chi connectivity index (χ0n) is 24.9. The number of ether oxygens (including phenoxy) is 1. The lowest BCUT2D eigenvalue weighted by Crippen LogP contribution is -2.67. The first-order valence-electron chi connectivity index (χ1n) is 14.1. The Labute approximate surface area is 254 Å². The van der Waals surface area contributed by atoms with E-state index in [0.717, 1.165) is 17.0 Å². The van der Waals surface area contributed by atoms with Gasteiger partial charge in [-0.15, -0.1) is 0 Å². The number of carbonyl (C=O) groups excluding carboxylic acids is 1. The SMILES string of the molecule is COc1ccc(N2C(=O)N(C(C)CO[Si](c3ccccc3)(c3ccccc3)C(C)(C)C)c3nc(Cl)ncc3[C@@H]2C)cc1. The molecular formula is C33H37ClN4O3Si. The molecule has 0 saturated carbocycles. The van der Waals surface area contributed by atoms with E-state index in [1.807, 2.05) is 50.2 Å². The molecule has 42 heavy (non-hydrogen) atoms. The molecule has 0 N–H and O–H groups in total.